The second-order valence-electron chi connectivity index (χ2n) is 7.50. The number of esters is 1. The summed E-state index contributed by atoms with van der Waals surface area (Å²) in [5, 5.41) is 0. The minimum atomic E-state index is -0.379. The van der Waals surface area contributed by atoms with E-state index >= 15 is 0 Å². The summed E-state index contributed by atoms with van der Waals surface area (Å²) in [5.74, 6) is 0.972. The minimum absolute atomic E-state index is 0.366. The van der Waals surface area contributed by atoms with Gasteiger partial charge in [0, 0.05) is 5.41 Å². The lowest BCUT2D eigenvalue weighted by molar-refractivity contribution is 0.0734. The second-order valence-corrected chi connectivity index (χ2v) is 7.50. The van der Waals surface area contributed by atoms with E-state index in [1.54, 1.807) is 19.2 Å². The van der Waals surface area contributed by atoms with E-state index in [0.29, 0.717) is 11.3 Å². The third kappa shape index (κ3) is 4.22. The van der Waals surface area contributed by atoms with Crippen molar-refractivity contribution in [3.05, 3.63) is 131 Å². The van der Waals surface area contributed by atoms with Crippen molar-refractivity contribution in [1.29, 1.82) is 0 Å². The van der Waals surface area contributed by atoms with E-state index in [9.17, 15) is 4.79 Å². The molecule has 31 heavy (non-hydrogen) atoms. The van der Waals surface area contributed by atoms with E-state index in [4.69, 9.17) is 9.47 Å². The summed E-state index contributed by atoms with van der Waals surface area (Å²) in [6.07, 6.45) is 0. The van der Waals surface area contributed by atoms with Crippen LogP contribution >= 0.6 is 0 Å². The maximum absolute atomic E-state index is 12.4. The Balaban J connectivity index is 1.68. The lowest BCUT2D eigenvalue weighted by atomic mass is 9.71. The molecule has 1 unspecified atom stereocenters. The molecule has 3 heteroatoms. The molecule has 0 aliphatic heterocycles. The van der Waals surface area contributed by atoms with Crippen LogP contribution in [-0.4, -0.2) is 13.1 Å². The van der Waals surface area contributed by atoms with Gasteiger partial charge < -0.3 is 9.47 Å². The topological polar surface area (TPSA) is 35.5 Å². The molecule has 4 aromatic rings. The first-order valence-corrected chi connectivity index (χ1v) is 10.2. The Kier molecular flexibility index (Phi) is 5.85. The summed E-state index contributed by atoms with van der Waals surface area (Å²) in [7, 11) is 1.67. The fourth-order valence-corrected chi connectivity index (χ4v) is 3.79. The predicted octanol–water partition coefficient (Wildman–Crippen LogP) is 6.27. The van der Waals surface area contributed by atoms with Gasteiger partial charge in [0.2, 0.25) is 0 Å². The average Bonchev–Trinajstić information content (AvgIpc) is 2.85. The Morgan fingerprint density at radius 1 is 0.613 bits per heavy atom. The highest BCUT2D eigenvalue weighted by Crippen LogP contribution is 2.39. The largest absolute Gasteiger partial charge is 0.497 e. The first-order valence-electron chi connectivity index (χ1n) is 10.2. The SMILES string of the molecule is COc1ccc(C(C)(c2ccccc2)c2ccc(OC(=O)c3ccccc3)cc2)cc1. The maximum Gasteiger partial charge on any atom is 0.343 e. The van der Waals surface area contributed by atoms with Gasteiger partial charge >= 0.3 is 5.97 Å². The van der Waals surface area contributed by atoms with Crippen molar-refractivity contribution in [3.63, 3.8) is 0 Å². The molecule has 0 amide bonds. The molecule has 0 heterocycles. The number of ether oxygens (including phenoxy) is 2. The van der Waals surface area contributed by atoms with Crippen LogP contribution < -0.4 is 9.47 Å². The molecule has 0 radical (unpaired) electrons. The van der Waals surface area contributed by atoms with Gasteiger partial charge in [-0.2, -0.15) is 0 Å². The summed E-state index contributed by atoms with van der Waals surface area (Å²) >= 11 is 0. The highest BCUT2D eigenvalue weighted by Gasteiger charge is 2.31. The summed E-state index contributed by atoms with van der Waals surface area (Å²) in [6.45, 7) is 2.20. The minimum Gasteiger partial charge on any atom is -0.497 e. The normalized spacial score (nSPS) is 12.6. The third-order valence-corrected chi connectivity index (χ3v) is 5.67. The Hall–Kier alpha value is -3.85. The molecule has 0 aliphatic rings. The van der Waals surface area contributed by atoms with Gasteiger partial charge in [-0.25, -0.2) is 4.79 Å². The van der Waals surface area contributed by atoms with E-state index in [1.807, 2.05) is 72.8 Å². The summed E-state index contributed by atoms with van der Waals surface area (Å²) in [4.78, 5) is 12.4. The van der Waals surface area contributed by atoms with Crippen LogP contribution in [0.3, 0.4) is 0 Å². The molecule has 4 rings (SSSR count). The predicted molar refractivity (Wildman–Crippen MR) is 123 cm³/mol. The highest BCUT2D eigenvalue weighted by molar-refractivity contribution is 5.90. The van der Waals surface area contributed by atoms with Gasteiger partial charge in [-0.3, -0.25) is 0 Å². The molecule has 0 N–H and O–H groups in total. The van der Waals surface area contributed by atoms with E-state index in [2.05, 4.69) is 31.2 Å². The Bertz CT molecular complexity index is 1130. The van der Waals surface area contributed by atoms with Gasteiger partial charge in [0.05, 0.1) is 12.7 Å². The van der Waals surface area contributed by atoms with Crippen LogP contribution in [0.4, 0.5) is 0 Å². The molecule has 154 valence electrons. The smallest absolute Gasteiger partial charge is 0.343 e. The molecule has 3 nitrogen and oxygen atoms in total. The number of carbonyl (C=O) groups excluding carboxylic acids is 1. The Morgan fingerprint density at radius 2 is 1.06 bits per heavy atom. The molecule has 4 aromatic carbocycles. The number of hydrogen-bond acceptors (Lipinski definition) is 3. The maximum atomic E-state index is 12.4. The van der Waals surface area contributed by atoms with E-state index < -0.39 is 0 Å². The van der Waals surface area contributed by atoms with Crippen molar-refractivity contribution in [1.82, 2.24) is 0 Å². The molecule has 0 aliphatic carbocycles. The van der Waals surface area contributed by atoms with Gasteiger partial charge in [-0.15, -0.1) is 0 Å². The van der Waals surface area contributed by atoms with Crippen LogP contribution in [0.1, 0.15) is 34.0 Å². The molecule has 1 atom stereocenters. The van der Waals surface area contributed by atoms with Crippen LogP contribution in [0.25, 0.3) is 0 Å². The van der Waals surface area contributed by atoms with Crippen LogP contribution in [0.5, 0.6) is 11.5 Å². The standard InChI is InChI=1S/C28H24O3/c1-28(22-11-7-4-8-12-22,23-13-17-25(30-2)18-14-23)24-15-19-26(20-16-24)31-27(29)21-9-5-3-6-10-21/h3-20H,1-2H3. The quantitative estimate of drug-likeness (QED) is 0.214. The fourth-order valence-electron chi connectivity index (χ4n) is 3.79. The molecule has 0 spiro atoms. The number of methoxy groups -OCH3 is 1. The lowest BCUT2D eigenvalue weighted by Crippen LogP contribution is -2.25. The van der Waals surface area contributed by atoms with E-state index in [1.165, 1.54) is 5.56 Å². The molecular formula is C28H24O3. The number of benzene rings is 4. The first-order chi connectivity index (χ1) is 15.1. The van der Waals surface area contributed by atoms with Gasteiger partial charge in [0.1, 0.15) is 11.5 Å². The molecule has 0 saturated carbocycles. The molecule has 0 bridgehead atoms. The van der Waals surface area contributed by atoms with Crippen LogP contribution in [0.2, 0.25) is 0 Å². The van der Waals surface area contributed by atoms with Crippen molar-refractivity contribution in [3.8, 4) is 11.5 Å². The van der Waals surface area contributed by atoms with E-state index in [-0.39, 0.29) is 11.4 Å². The lowest BCUT2D eigenvalue weighted by Gasteiger charge is -2.32. The molecule has 0 fully saturated rings. The van der Waals surface area contributed by atoms with Gasteiger partial charge in [0.25, 0.3) is 0 Å². The van der Waals surface area contributed by atoms with Crippen LogP contribution in [0, 0.1) is 0 Å². The van der Waals surface area contributed by atoms with Gasteiger partial charge in [0.15, 0.2) is 0 Å². The zero-order chi connectivity index (χ0) is 21.7. The van der Waals surface area contributed by atoms with E-state index in [0.717, 1.165) is 16.9 Å². The van der Waals surface area contributed by atoms with Crippen molar-refractivity contribution in [2.45, 2.75) is 12.3 Å². The highest BCUT2D eigenvalue weighted by atomic mass is 16.5. The van der Waals surface area contributed by atoms with Gasteiger partial charge in [-0.1, -0.05) is 72.8 Å². The van der Waals surface area contributed by atoms with Crippen molar-refractivity contribution >= 4 is 5.97 Å². The van der Waals surface area contributed by atoms with Crippen molar-refractivity contribution in [2.24, 2.45) is 0 Å². The summed E-state index contributed by atoms with van der Waals surface area (Å²) in [5.41, 5.74) is 3.57. The molecule has 0 saturated heterocycles. The monoisotopic (exact) mass is 408 g/mol. The second kappa shape index (κ2) is 8.88. The zero-order valence-electron chi connectivity index (χ0n) is 17.6. The van der Waals surface area contributed by atoms with Gasteiger partial charge in [-0.05, 0) is 60.0 Å². The number of hydrogen-bond donors (Lipinski definition) is 0. The van der Waals surface area contributed by atoms with Crippen molar-refractivity contribution < 1.29 is 14.3 Å². The fraction of sp³-hybridized carbons (Fsp3) is 0.107. The average molecular weight is 408 g/mol. The molecule has 0 aromatic heterocycles. The summed E-state index contributed by atoms with van der Waals surface area (Å²) < 4.78 is 10.9. The zero-order valence-corrected chi connectivity index (χ0v) is 17.6. The third-order valence-electron chi connectivity index (χ3n) is 5.67. The first kappa shape index (κ1) is 20.4. The van der Waals surface area contributed by atoms with Crippen LogP contribution in [-0.2, 0) is 5.41 Å². The number of carbonyl (C=O) groups is 1. The van der Waals surface area contributed by atoms with Crippen LogP contribution in [0.15, 0.2) is 109 Å². The number of rotatable bonds is 6. The summed E-state index contributed by atoms with van der Waals surface area (Å²) in [6, 6.07) is 35.3. The van der Waals surface area contributed by atoms with Crippen molar-refractivity contribution in [2.75, 3.05) is 7.11 Å². The molecular weight excluding hydrogens is 384 g/mol. The Morgan fingerprint density at radius 3 is 1.58 bits per heavy atom. The Labute approximate surface area is 182 Å².